The van der Waals surface area contributed by atoms with Gasteiger partial charge < -0.3 is 5.11 Å². The zero-order valence-corrected chi connectivity index (χ0v) is 10.1. The van der Waals surface area contributed by atoms with Crippen LogP contribution in [0.2, 0.25) is 0 Å². The van der Waals surface area contributed by atoms with Gasteiger partial charge in [0, 0.05) is 0 Å². The zero-order valence-electron chi connectivity index (χ0n) is 10.1. The van der Waals surface area contributed by atoms with E-state index in [1.807, 2.05) is 0 Å². The van der Waals surface area contributed by atoms with Gasteiger partial charge in [-0.3, -0.25) is 0 Å². The van der Waals surface area contributed by atoms with Gasteiger partial charge in [-0.05, 0) is 49.0 Å². The summed E-state index contributed by atoms with van der Waals surface area (Å²) in [7, 11) is 0. The van der Waals surface area contributed by atoms with Crippen molar-refractivity contribution in [1.29, 1.82) is 0 Å². The molecule has 2 unspecified atom stereocenters. The summed E-state index contributed by atoms with van der Waals surface area (Å²) < 4.78 is 0. The number of benzene rings is 1. The molecular weight excluding hydrogens is 208 g/mol. The molecule has 1 heteroatoms. The second kappa shape index (κ2) is 4.66. The maximum Gasteiger partial charge on any atom is 0.0546 e. The maximum atomic E-state index is 9.44. The normalized spacial score (nSPS) is 35.1. The SMILES string of the molecule is OC1C[C@@H]2C(C=CCCc3ccccc3)[C@@H]2C1. The van der Waals surface area contributed by atoms with Gasteiger partial charge in [0.2, 0.25) is 0 Å². The van der Waals surface area contributed by atoms with Gasteiger partial charge in [-0.1, -0.05) is 42.5 Å². The molecule has 1 aromatic carbocycles. The summed E-state index contributed by atoms with van der Waals surface area (Å²) in [5, 5.41) is 9.44. The highest BCUT2D eigenvalue weighted by Gasteiger charge is 2.53. The van der Waals surface area contributed by atoms with Crippen LogP contribution in [0.1, 0.15) is 24.8 Å². The summed E-state index contributed by atoms with van der Waals surface area (Å²) in [5.41, 5.74) is 1.42. The summed E-state index contributed by atoms with van der Waals surface area (Å²) >= 11 is 0. The highest BCUT2D eigenvalue weighted by molar-refractivity contribution is 5.16. The molecule has 0 amide bonds. The van der Waals surface area contributed by atoms with E-state index in [0.717, 1.165) is 43.4 Å². The predicted molar refractivity (Wildman–Crippen MR) is 69.6 cm³/mol. The smallest absolute Gasteiger partial charge is 0.0546 e. The molecule has 0 aromatic heterocycles. The van der Waals surface area contributed by atoms with E-state index in [1.54, 1.807) is 0 Å². The Kier molecular flexibility index (Phi) is 3.02. The molecule has 4 atom stereocenters. The Morgan fingerprint density at radius 3 is 2.53 bits per heavy atom. The number of aliphatic hydroxyl groups is 1. The van der Waals surface area contributed by atoms with Crippen LogP contribution >= 0.6 is 0 Å². The molecule has 2 saturated carbocycles. The summed E-state index contributed by atoms with van der Waals surface area (Å²) in [5.74, 6) is 2.39. The summed E-state index contributed by atoms with van der Waals surface area (Å²) in [6.07, 6.45) is 9.09. The fourth-order valence-corrected chi connectivity index (χ4v) is 3.30. The molecule has 0 heterocycles. The largest absolute Gasteiger partial charge is 0.393 e. The van der Waals surface area contributed by atoms with Crippen LogP contribution in [0.25, 0.3) is 0 Å². The van der Waals surface area contributed by atoms with Crippen LogP contribution in [-0.2, 0) is 6.42 Å². The highest BCUT2D eigenvalue weighted by atomic mass is 16.3. The lowest BCUT2D eigenvalue weighted by Crippen LogP contribution is -2.03. The van der Waals surface area contributed by atoms with Crippen molar-refractivity contribution in [2.24, 2.45) is 17.8 Å². The number of hydrogen-bond donors (Lipinski definition) is 1. The molecule has 0 spiro atoms. The van der Waals surface area contributed by atoms with Crippen LogP contribution in [0, 0.1) is 17.8 Å². The Balaban J connectivity index is 1.41. The van der Waals surface area contributed by atoms with Crippen molar-refractivity contribution in [1.82, 2.24) is 0 Å². The van der Waals surface area contributed by atoms with Crippen molar-refractivity contribution < 1.29 is 5.11 Å². The monoisotopic (exact) mass is 228 g/mol. The van der Waals surface area contributed by atoms with E-state index in [-0.39, 0.29) is 6.10 Å². The lowest BCUT2D eigenvalue weighted by molar-refractivity contribution is 0.164. The molecule has 0 radical (unpaired) electrons. The Morgan fingerprint density at radius 1 is 1.12 bits per heavy atom. The molecule has 2 fully saturated rings. The van der Waals surface area contributed by atoms with Gasteiger partial charge >= 0.3 is 0 Å². The van der Waals surface area contributed by atoms with E-state index in [2.05, 4.69) is 42.5 Å². The molecule has 1 nitrogen and oxygen atoms in total. The lowest BCUT2D eigenvalue weighted by atomic mass is 10.1. The van der Waals surface area contributed by atoms with E-state index < -0.39 is 0 Å². The minimum atomic E-state index is -0.000955. The van der Waals surface area contributed by atoms with Crippen LogP contribution in [0.3, 0.4) is 0 Å². The average Bonchev–Trinajstić information content (AvgIpc) is 2.81. The molecule has 0 bridgehead atoms. The van der Waals surface area contributed by atoms with E-state index in [9.17, 15) is 5.11 Å². The molecule has 3 rings (SSSR count). The van der Waals surface area contributed by atoms with Crippen LogP contribution < -0.4 is 0 Å². The van der Waals surface area contributed by atoms with Gasteiger partial charge in [0.15, 0.2) is 0 Å². The van der Waals surface area contributed by atoms with Crippen molar-refractivity contribution in [3.63, 3.8) is 0 Å². The Morgan fingerprint density at radius 2 is 1.82 bits per heavy atom. The van der Waals surface area contributed by atoms with Crippen LogP contribution in [0.15, 0.2) is 42.5 Å². The number of allylic oxidation sites excluding steroid dienone is 2. The van der Waals surface area contributed by atoms with E-state index in [4.69, 9.17) is 0 Å². The van der Waals surface area contributed by atoms with Gasteiger partial charge in [-0.15, -0.1) is 0 Å². The summed E-state index contributed by atoms with van der Waals surface area (Å²) in [6.45, 7) is 0. The molecule has 2 aliphatic rings. The van der Waals surface area contributed by atoms with Gasteiger partial charge in [0.1, 0.15) is 0 Å². The van der Waals surface area contributed by atoms with E-state index >= 15 is 0 Å². The van der Waals surface area contributed by atoms with Crippen LogP contribution in [0.5, 0.6) is 0 Å². The zero-order chi connectivity index (χ0) is 11.7. The molecule has 2 aliphatic carbocycles. The molecular formula is C16H20O. The first-order chi connectivity index (χ1) is 8.34. The van der Waals surface area contributed by atoms with Crippen LogP contribution in [0.4, 0.5) is 0 Å². The van der Waals surface area contributed by atoms with Gasteiger partial charge in [0.05, 0.1) is 6.10 Å². The standard InChI is InChI=1S/C16H20O/c17-13-10-15-14(16(15)11-13)9-5-4-8-12-6-2-1-3-7-12/h1-3,5-7,9,13-17H,4,8,10-11H2/t13?,14?,15-,16+. The summed E-state index contributed by atoms with van der Waals surface area (Å²) in [4.78, 5) is 0. The quantitative estimate of drug-likeness (QED) is 0.785. The third-order valence-electron chi connectivity index (χ3n) is 4.29. The Hall–Kier alpha value is -1.08. The Labute approximate surface area is 103 Å². The van der Waals surface area contributed by atoms with E-state index in [1.165, 1.54) is 5.56 Å². The minimum absolute atomic E-state index is 0.000955. The van der Waals surface area contributed by atoms with Gasteiger partial charge in [-0.2, -0.15) is 0 Å². The molecule has 0 saturated heterocycles. The fraction of sp³-hybridized carbons (Fsp3) is 0.500. The third kappa shape index (κ3) is 2.44. The van der Waals surface area contributed by atoms with Crippen molar-refractivity contribution in [2.75, 3.05) is 0 Å². The number of hydrogen-bond acceptors (Lipinski definition) is 1. The van der Waals surface area contributed by atoms with Crippen molar-refractivity contribution in [2.45, 2.75) is 31.8 Å². The third-order valence-corrected chi connectivity index (χ3v) is 4.29. The minimum Gasteiger partial charge on any atom is -0.393 e. The number of aryl methyl sites for hydroxylation is 1. The Bertz CT molecular complexity index is 383. The van der Waals surface area contributed by atoms with Gasteiger partial charge in [0.25, 0.3) is 0 Å². The first-order valence-corrected chi connectivity index (χ1v) is 6.73. The summed E-state index contributed by atoms with van der Waals surface area (Å²) in [6, 6.07) is 10.7. The molecule has 1 aromatic rings. The van der Waals surface area contributed by atoms with E-state index in [0.29, 0.717) is 0 Å². The van der Waals surface area contributed by atoms with Crippen molar-refractivity contribution in [3.8, 4) is 0 Å². The fourth-order valence-electron chi connectivity index (χ4n) is 3.30. The lowest BCUT2D eigenvalue weighted by Gasteiger charge is -2.03. The maximum absolute atomic E-state index is 9.44. The highest BCUT2D eigenvalue weighted by Crippen LogP contribution is 2.58. The number of fused-ring (bicyclic) bond motifs is 1. The van der Waals surface area contributed by atoms with Crippen molar-refractivity contribution >= 4 is 0 Å². The van der Waals surface area contributed by atoms with Crippen LogP contribution in [-0.4, -0.2) is 11.2 Å². The number of aliphatic hydroxyl groups excluding tert-OH is 1. The second-order valence-corrected chi connectivity index (χ2v) is 5.48. The predicted octanol–water partition coefficient (Wildman–Crippen LogP) is 3.19. The topological polar surface area (TPSA) is 20.2 Å². The molecule has 0 aliphatic heterocycles. The molecule has 90 valence electrons. The molecule has 1 N–H and O–H groups in total. The molecule has 17 heavy (non-hydrogen) atoms. The first-order valence-electron chi connectivity index (χ1n) is 6.73. The number of rotatable bonds is 4. The van der Waals surface area contributed by atoms with Gasteiger partial charge in [-0.25, -0.2) is 0 Å². The average molecular weight is 228 g/mol. The van der Waals surface area contributed by atoms with Crippen molar-refractivity contribution in [3.05, 3.63) is 48.0 Å². The first kappa shape index (κ1) is 11.0. The second-order valence-electron chi connectivity index (χ2n) is 5.48.